The van der Waals surface area contributed by atoms with E-state index in [1.807, 2.05) is 25.1 Å². The summed E-state index contributed by atoms with van der Waals surface area (Å²) >= 11 is 0. The van der Waals surface area contributed by atoms with Crippen molar-refractivity contribution < 1.29 is 39.5 Å². The number of aromatic nitrogens is 4. The average molecular weight is 461 g/mol. The summed E-state index contributed by atoms with van der Waals surface area (Å²) in [7, 11) is 0. The fourth-order valence-corrected chi connectivity index (χ4v) is 3.89. The van der Waals surface area contributed by atoms with Gasteiger partial charge >= 0.3 is 35.5 Å². The zero-order chi connectivity index (χ0) is 23.4. The minimum absolute atomic E-state index is 0. The number of aryl methyl sites for hydroxylation is 3. The Kier molecular flexibility index (Phi) is 8.56. The molecule has 0 saturated carbocycles. The molecule has 0 bridgehead atoms. The molecule has 5 rings (SSSR count). The van der Waals surface area contributed by atoms with Gasteiger partial charge in [0.05, 0.1) is 5.56 Å². The maximum atomic E-state index is 10.2. The van der Waals surface area contributed by atoms with Crippen molar-refractivity contribution in [3.05, 3.63) is 101 Å². The van der Waals surface area contributed by atoms with Crippen molar-refractivity contribution in [2.24, 2.45) is 0 Å². The monoisotopic (exact) mass is 460 g/mol. The molecule has 34 heavy (non-hydrogen) atoms. The summed E-state index contributed by atoms with van der Waals surface area (Å²) in [5.74, 6) is 0.189. The second-order valence-electron chi connectivity index (χ2n) is 7.82. The van der Waals surface area contributed by atoms with Crippen LogP contribution in [-0.2, 0) is 13.0 Å². The van der Waals surface area contributed by atoms with E-state index in [0.29, 0.717) is 5.56 Å². The van der Waals surface area contributed by atoms with Crippen LogP contribution in [0, 0.1) is 20.0 Å². The van der Waals surface area contributed by atoms with Crippen LogP contribution in [0.4, 0.5) is 0 Å². The van der Waals surface area contributed by atoms with Gasteiger partial charge in [-0.2, -0.15) is 12.1 Å². The van der Waals surface area contributed by atoms with Gasteiger partial charge in [-0.25, -0.2) is 14.8 Å². The molecule has 1 N–H and O–H groups in total. The Morgan fingerprint density at radius 1 is 1.03 bits per heavy atom. The van der Waals surface area contributed by atoms with Crippen LogP contribution in [0.15, 0.2) is 66.7 Å². The van der Waals surface area contributed by atoms with Gasteiger partial charge in [-0.15, -0.1) is 5.39 Å². The second kappa shape index (κ2) is 11.4. The number of imidazole rings is 1. The van der Waals surface area contributed by atoms with Crippen molar-refractivity contribution in [3.8, 4) is 0 Å². The molecule has 0 aliphatic heterocycles. The maximum absolute atomic E-state index is 10.2. The van der Waals surface area contributed by atoms with Crippen LogP contribution in [0.5, 0.6) is 0 Å². The van der Waals surface area contributed by atoms with E-state index in [9.17, 15) is 4.79 Å². The molecular weight excluding hydrogens is 435 g/mol. The topological polar surface area (TPSA) is 80.9 Å². The molecule has 0 radical (unpaired) electrons. The van der Waals surface area contributed by atoms with Gasteiger partial charge in [0.25, 0.3) is 0 Å². The smallest absolute Gasteiger partial charge is 0.478 e. The van der Waals surface area contributed by atoms with Crippen molar-refractivity contribution in [3.63, 3.8) is 0 Å². The van der Waals surface area contributed by atoms with Gasteiger partial charge in [0, 0.05) is 18.7 Å². The van der Waals surface area contributed by atoms with Gasteiger partial charge in [-0.1, -0.05) is 49.5 Å². The number of hydrogen-bond acceptors (Lipinski definition) is 4. The Hall–Kier alpha value is -3.06. The van der Waals surface area contributed by atoms with E-state index < -0.39 is 5.97 Å². The SMILES string of the molecule is CCc1nc2c(C)cc(C)nc2n1Cc1cccc2n[c-]ccc12.O=C(O)c1ccccc1.[Na+]. The Balaban J connectivity index is 0.000000275. The zero-order valence-corrected chi connectivity index (χ0v) is 21.9. The molecule has 0 saturated heterocycles. The third-order valence-electron chi connectivity index (χ3n) is 5.45. The third kappa shape index (κ3) is 5.53. The molecule has 6 nitrogen and oxygen atoms in total. The fraction of sp³-hybridized carbons (Fsp3) is 0.185. The summed E-state index contributed by atoms with van der Waals surface area (Å²) in [5, 5.41) is 9.54. The predicted molar refractivity (Wildman–Crippen MR) is 129 cm³/mol. The molecule has 7 heteroatoms. The van der Waals surface area contributed by atoms with Crippen molar-refractivity contribution >= 4 is 28.0 Å². The number of rotatable bonds is 4. The van der Waals surface area contributed by atoms with E-state index in [-0.39, 0.29) is 29.6 Å². The molecule has 0 aliphatic rings. The number of nitrogens with zero attached hydrogens (tertiary/aromatic N) is 4. The van der Waals surface area contributed by atoms with Crippen molar-refractivity contribution in [1.29, 1.82) is 0 Å². The first-order chi connectivity index (χ1) is 16.0. The quantitative estimate of drug-likeness (QED) is 0.329. The van der Waals surface area contributed by atoms with Gasteiger partial charge in [-0.05, 0) is 48.7 Å². The fourth-order valence-electron chi connectivity index (χ4n) is 3.89. The molecule has 0 atom stereocenters. The summed E-state index contributed by atoms with van der Waals surface area (Å²) in [6.07, 6.45) is 3.79. The van der Waals surface area contributed by atoms with E-state index in [2.05, 4.69) is 47.8 Å². The van der Waals surface area contributed by atoms with Crippen LogP contribution in [0.25, 0.3) is 22.1 Å². The first kappa shape index (κ1) is 25.6. The Labute approximate surface area is 221 Å². The van der Waals surface area contributed by atoms with E-state index in [1.54, 1.807) is 30.3 Å². The normalized spacial score (nSPS) is 10.4. The van der Waals surface area contributed by atoms with E-state index in [1.165, 1.54) is 11.1 Å². The van der Waals surface area contributed by atoms with Gasteiger partial charge in [0.2, 0.25) is 0 Å². The maximum Gasteiger partial charge on any atom is 1.00 e. The zero-order valence-electron chi connectivity index (χ0n) is 19.9. The van der Waals surface area contributed by atoms with Gasteiger partial charge in [0.15, 0.2) is 5.65 Å². The molecule has 0 aliphatic carbocycles. The number of benzene rings is 2. The van der Waals surface area contributed by atoms with Crippen LogP contribution in [0.2, 0.25) is 0 Å². The molecule has 2 aromatic carbocycles. The number of fused-ring (bicyclic) bond motifs is 2. The minimum atomic E-state index is -0.879. The summed E-state index contributed by atoms with van der Waals surface area (Å²) < 4.78 is 2.24. The predicted octanol–water partition coefficient (Wildman–Crippen LogP) is 2.40. The molecule has 3 aromatic heterocycles. The standard InChI is InChI=1S/C20H19N4.C7H6O2.Na/c1-4-18-23-19-13(2)11-14(3)22-20(19)24(18)12-15-7-5-9-17-16(15)8-6-10-21-17;8-7(9)6-4-2-1-3-5-6;/h5-9,11H,4,12H2,1-3H3;1-5H,(H,8,9);/q-1;;+1. The Morgan fingerprint density at radius 3 is 2.47 bits per heavy atom. The first-order valence-corrected chi connectivity index (χ1v) is 10.8. The summed E-state index contributed by atoms with van der Waals surface area (Å²) in [5.41, 5.74) is 6.71. The summed E-state index contributed by atoms with van der Waals surface area (Å²) in [6.45, 7) is 7.02. The van der Waals surface area contributed by atoms with Crippen LogP contribution < -0.4 is 29.6 Å². The van der Waals surface area contributed by atoms with E-state index in [0.717, 1.165) is 46.6 Å². The first-order valence-electron chi connectivity index (χ1n) is 10.8. The van der Waals surface area contributed by atoms with Crippen molar-refractivity contribution in [2.45, 2.75) is 33.7 Å². The van der Waals surface area contributed by atoms with Gasteiger partial charge in [0.1, 0.15) is 11.3 Å². The molecule has 166 valence electrons. The number of carboxylic acid groups (broad SMARTS) is 1. The van der Waals surface area contributed by atoms with Crippen LogP contribution in [0.1, 0.15) is 39.9 Å². The Morgan fingerprint density at radius 2 is 1.79 bits per heavy atom. The van der Waals surface area contributed by atoms with Crippen molar-refractivity contribution in [1.82, 2.24) is 19.5 Å². The van der Waals surface area contributed by atoms with E-state index in [4.69, 9.17) is 15.1 Å². The van der Waals surface area contributed by atoms with Crippen molar-refractivity contribution in [2.75, 3.05) is 0 Å². The number of pyridine rings is 2. The molecule has 0 unspecified atom stereocenters. The van der Waals surface area contributed by atoms with E-state index >= 15 is 0 Å². The molecule has 0 spiro atoms. The third-order valence-corrected chi connectivity index (χ3v) is 5.45. The number of carbonyl (C=O) groups is 1. The average Bonchev–Trinajstić information content (AvgIpc) is 3.18. The molecular formula is C27H25N4NaO2. The number of aromatic carboxylic acids is 1. The molecule has 0 fully saturated rings. The largest absolute Gasteiger partial charge is 1.00 e. The van der Waals surface area contributed by atoms with Crippen LogP contribution in [0.3, 0.4) is 0 Å². The van der Waals surface area contributed by atoms with Crippen LogP contribution >= 0.6 is 0 Å². The molecule has 5 aromatic rings. The minimum Gasteiger partial charge on any atom is -0.478 e. The number of carboxylic acids is 1. The second-order valence-corrected chi connectivity index (χ2v) is 7.82. The van der Waals surface area contributed by atoms with Crippen LogP contribution in [-0.4, -0.2) is 30.6 Å². The summed E-state index contributed by atoms with van der Waals surface area (Å²) in [4.78, 5) is 24.1. The number of hydrogen-bond donors (Lipinski definition) is 1. The summed E-state index contributed by atoms with van der Waals surface area (Å²) in [6, 6.07) is 20.6. The molecule has 3 heterocycles. The van der Waals surface area contributed by atoms with Gasteiger partial charge in [-0.3, -0.25) is 0 Å². The molecule has 0 amide bonds. The Bertz CT molecular complexity index is 1430. The van der Waals surface area contributed by atoms with Gasteiger partial charge < -0.3 is 14.7 Å².